The van der Waals surface area contributed by atoms with Crippen LogP contribution in [0.15, 0.2) is 53.3 Å². The molecule has 0 atom stereocenters. The van der Waals surface area contributed by atoms with Gasteiger partial charge in [-0.2, -0.15) is 0 Å². The van der Waals surface area contributed by atoms with E-state index in [-0.39, 0.29) is 29.3 Å². The summed E-state index contributed by atoms with van der Waals surface area (Å²) in [4.78, 5) is 40.4. The first-order valence-electron chi connectivity index (χ1n) is 9.06. The Morgan fingerprint density at radius 2 is 1.93 bits per heavy atom. The number of non-ortho nitro benzene ring substituents is 1. The number of fused-ring (bicyclic) bond motifs is 1. The smallest absolute Gasteiger partial charge is 0.270 e. The largest absolute Gasteiger partial charge is 0.334 e. The molecular weight excluding hydrogens is 358 g/mol. The van der Waals surface area contributed by atoms with Gasteiger partial charge >= 0.3 is 0 Å². The standard InChI is InChI=1S/C21H21N3O4/c1-3-10-23(21(26)16-8-5-9-18(12-16)24(27)28)13-17-11-15-7-4-6-14(2)19(15)22-20(17)25/h4-9,11-12H,3,10,13H2,1-2H3,(H,22,25). The average Bonchev–Trinajstić information content (AvgIpc) is 2.68. The number of nitro benzene ring substituents is 1. The van der Waals surface area contributed by atoms with Gasteiger partial charge in [-0.05, 0) is 36.4 Å². The summed E-state index contributed by atoms with van der Waals surface area (Å²) in [5.41, 5.74) is 2.08. The Bertz CT molecular complexity index is 1100. The van der Waals surface area contributed by atoms with Crippen molar-refractivity contribution in [2.45, 2.75) is 26.8 Å². The third kappa shape index (κ3) is 3.93. The van der Waals surface area contributed by atoms with E-state index in [0.29, 0.717) is 18.5 Å². The first kappa shape index (κ1) is 19.3. The lowest BCUT2D eigenvalue weighted by molar-refractivity contribution is -0.384. The number of pyridine rings is 1. The van der Waals surface area contributed by atoms with Gasteiger partial charge in [0, 0.05) is 29.8 Å². The highest BCUT2D eigenvalue weighted by atomic mass is 16.6. The number of nitrogens with one attached hydrogen (secondary N) is 1. The molecule has 0 radical (unpaired) electrons. The van der Waals surface area contributed by atoms with Crippen LogP contribution in [0.3, 0.4) is 0 Å². The van der Waals surface area contributed by atoms with Crippen molar-refractivity contribution in [3.63, 3.8) is 0 Å². The molecule has 0 bridgehead atoms. The fourth-order valence-corrected chi connectivity index (χ4v) is 3.21. The zero-order valence-corrected chi connectivity index (χ0v) is 15.8. The van der Waals surface area contributed by atoms with E-state index >= 15 is 0 Å². The van der Waals surface area contributed by atoms with Crippen molar-refractivity contribution in [1.82, 2.24) is 9.88 Å². The number of aromatic nitrogens is 1. The third-order valence-corrected chi connectivity index (χ3v) is 4.61. The molecule has 2 aromatic carbocycles. The molecule has 1 aromatic heterocycles. The first-order valence-corrected chi connectivity index (χ1v) is 9.06. The van der Waals surface area contributed by atoms with E-state index in [1.165, 1.54) is 18.2 Å². The van der Waals surface area contributed by atoms with Gasteiger partial charge in [-0.15, -0.1) is 0 Å². The third-order valence-electron chi connectivity index (χ3n) is 4.61. The molecule has 0 fully saturated rings. The molecule has 7 heteroatoms. The monoisotopic (exact) mass is 379 g/mol. The molecule has 3 aromatic rings. The van der Waals surface area contributed by atoms with Crippen LogP contribution in [0.5, 0.6) is 0 Å². The van der Waals surface area contributed by atoms with Crippen molar-refractivity contribution in [1.29, 1.82) is 0 Å². The van der Waals surface area contributed by atoms with E-state index in [0.717, 1.165) is 16.5 Å². The Hall–Kier alpha value is -3.48. The number of benzene rings is 2. The summed E-state index contributed by atoms with van der Waals surface area (Å²) in [6, 6.07) is 13.2. The number of hydrogen-bond acceptors (Lipinski definition) is 4. The van der Waals surface area contributed by atoms with Crippen molar-refractivity contribution < 1.29 is 9.72 Å². The van der Waals surface area contributed by atoms with Gasteiger partial charge in [0.25, 0.3) is 17.2 Å². The summed E-state index contributed by atoms with van der Waals surface area (Å²) in [6.07, 6.45) is 0.700. The number of rotatable bonds is 6. The van der Waals surface area contributed by atoms with Crippen molar-refractivity contribution in [3.05, 3.63) is 85.7 Å². The second kappa shape index (κ2) is 8.04. The highest BCUT2D eigenvalue weighted by molar-refractivity contribution is 5.95. The molecule has 7 nitrogen and oxygen atoms in total. The maximum Gasteiger partial charge on any atom is 0.270 e. The summed E-state index contributed by atoms with van der Waals surface area (Å²) >= 11 is 0. The zero-order valence-electron chi connectivity index (χ0n) is 15.8. The average molecular weight is 379 g/mol. The number of amides is 1. The van der Waals surface area contributed by atoms with Gasteiger partial charge in [-0.25, -0.2) is 0 Å². The Kier molecular flexibility index (Phi) is 5.54. The molecule has 1 N–H and O–H groups in total. The molecule has 0 unspecified atom stereocenters. The van der Waals surface area contributed by atoms with Gasteiger partial charge in [0.2, 0.25) is 0 Å². The second-order valence-electron chi connectivity index (χ2n) is 6.70. The molecule has 0 saturated carbocycles. The van der Waals surface area contributed by atoms with E-state index in [1.807, 2.05) is 32.0 Å². The van der Waals surface area contributed by atoms with Crippen LogP contribution < -0.4 is 5.56 Å². The lowest BCUT2D eigenvalue weighted by Gasteiger charge is -2.22. The first-order chi connectivity index (χ1) is 13.4. The molecule has 144 valence electrons. The number of para-hydroxylation sites is 1. The fraction of sp³-hybridized carbons (Fsp3) is 0.238. The number of aromatic amines is 1. The maximum atomic E-state index is 12.9. The van der Waals surface area contributed by atoms with Gasteiger partial charge in [-0.3, -0.25) is 19.7 Å². The van der Waals surface area contributed by atoms with Crippen LogP contribution >= 0.6 is 0 Å². The molecule has 0 aliphatic heterocycles. The molecule has 0 saturated heterocycles. The highest BCUT2D eigenvalue weighted by Gasteiger charge is 2.19. The quantitative estimate of drug-likeness (QED) is 0.520. The summed E-state index contributed by atoms with van der Waals surface area (Å²) in [6.45, 7) is 4.43. The minimum absolute atomic E-state index is 0.134. The SMILES string of the molecule is CCCN(Cc1cc2cccc(C)c2[nH]c1=O)C(=O)c1cccc([N+](=O)[O-])c1. The molecule has 28 heavy (non-hydrogen) atoms. The summed E-state index contributed by atoms with van der Waals surface area (Å²) in [5, 5.41) is 11.9. The summed E-state index contributed by atoms with van der Waals surface area (Å²) in [5.74, 6) is -0.339. The number of nitro groups is 1. The number of carbonyl (C=O) groups excluding carboxylic acids is 1. The molecule has 1 heterocycles. The van der Waals surface area contributed by atoms with E-state index < -0.39 is 4.92 Å². The molecule has 0 aliphatic carbocycles. The van der Waals surface area contributed by atoms with Crippen LogP contribution in [0.2, 0.25) is 0 Å². The van der Waals surface area contributed by atoms with Gasteiger partial charge in [-0.1, -0.05) is 31.2 Å². The van der Waals surface area contributed by atoms with Crippen LogP contribution in [0.25, 0.3) is 10.9 Å². The van der Waals surface area contributed by atoms with Gasteiger partial charge in [0.1, 0.15) is 0 Å². The number of hydrogen-bond donors (Lipinski definition) is 1. The minimum atomic E-state index is -0.530. The van der Waals surface area contributed by atoms with Gasteiger partial charge in [0.05, 0.1) is 17.0 Å². The lowest BCUT2D eigenvalue weighted by Crippen LogP contribution is -2.33. The van der Waals surface area contributed by atoms with Gasteiger partial charge in [0.15, 0.2) is 0 Å². The van der Waals surface area contributed by atoms with Crippen LogP contribution in [-0.4, -0.2) is 27.3 Å². The number of carbonyl (C=O) groups is 1. The number of aryl methyl sites for hydroxylation is 1. The number of H-pyrrole nitrogens is 1. The van der Waals surface area contributed by atoms with Crippen LogP contribution in [0.1, 0.15) is 34.8 Å². The summed E-state index contributed by atoms with van der Waals surface area (Å²) in [7, 11) is 0. The second-order valence-corrected chi connectivity index (χ2v) is 6.70. The van der Waals surface area contributed by atoms with Crippen molar-refractivity contribution >= 4 is 22.5 Å². The van der Waals surface area contributed by atoms with Crippen molar-refractivity contribution in [2.75, 3.05) is 6.54 Å². The predicted octanol–water partition coefficient (Wildman–Crippen LogP) is 3.80. The van der Waals surface area contributed by atoms with E-state index in [4.69, 9.17) is 0 Å². The van der Waals surface area contributed by atoms with Crippen molar-refractivity contribution in [2.24, 2.45) is 0 Å². The Morgan fingerprint density at radius 3 is 2.64 bits per heavy atom. The molecule has 3 rings (SSSR count). The molecule has 1 amide bonds. The van der Waals surface area contributed by atoms with E-state index in [9.17, 15) is 19.7 Å². The highest BCUT2D eigenvalue weighted by Crippen LogP contribution is 2.18. The molecular formula is C21H21N3O4. The Balaban J connectivity index is 1.95. The van der Waals surface area contributed by atoms with Crippen LogP contribution in [0.4, 0.5) is 5.69 Å². The minimum Gasteiger partial charge on any atom is -0.334 e. The maximum absolute atomic E-state index is 12.9. The van der Waals surface area contributed by atoms with E-state index in [1.54, 1.807) is 17.0 Å². The zero-order chi connectivity index (χ0) is 20.3. The van der Waals surface area contributed by atoms with Crippen molar-refractivity contribution in [3.8, 4) is 0 Å². The Labute approximate surface area is 161 Å². The fourth-order valence-electron chi connectivity index (χ4n) is 3.21. The van der Waals surface area contributed by atoms with E-state index in [2.05, 4.69) is 4.98 Å². The molecule has 0 spiro atoms. The normalized spacial score (nSPS) is 10.8. The van der Waals surface area contributed by atoms with Gasteiger partial charge < -0.3 is 9.88 Å². The topological polar surface area (TPSA) is 96.3 Å². The predicted molar refractivity (Wildman–Crippen MR) is 107 cm³/mol. The summed E-state index contributed by atoms with van der Waals surface area (Å²) < 4.78 is 0. The number of nitrogens with zero attached hydrogens (tertiary/aromatic N) is 2. The lowest BCUT2D eigenvalue weighted by atomic mass is 10.1. The molecule has 0 aliphatic rings. The van der Waals surface area contributed by atoms with Crippen LogP contribution in [-0.2, 0) is 6.54 Å². The Morgan fingerprint density at radius 1 is 1.18 bits per heavy atom. The van der Waals surface area contributed by atoms with Crippen LogP contribution in [0, 0.1) is 17.0 Å².